The molecule has 2 heterocycles. The summed E-state index contributed by atoms with van der Waals surface area (Å²) >= 11 is 1.50. The second-order valence-electron chi connectivity index (χ2n) is 5.79. The van der Waals surface area contributed by atoms with Crippen LogP contribution in [-0.2, 0) is 22.4 Å². The summed E-state index contributed by atoms with van der Waals surface area (Å²) in [6.07, 6.45) is 1.69. The number of rotatable bonds is 5. The molecule has 124 valence electrons. The molecule has 5 nitrogen and oxygen atoms in total. The van der Waals surface area contributed by atoms with E-state index in [1.54, 1.807) is 0 Å². The average molecular weight is 342 g/mol. The zero-order valence-corrected chi connectivity index (χ0v) is 14.1. The van der Waals surface area contributed by atoms with Crippen LogP contribution < -0.4 is 10.6 Å². The van der Waals surface area contributed by atoms with E-state index in [0.29, 0.717) is 17.0 Å². The summed E-state index contributed by atoms with van der Waals surface area (Å²) in [4.78, 5) is 36.9. The molecule has 0 bridgehead atoms. The highest BCUT2D eigenvalue weighted by atomic mass is 32.1. The lowest BCUT2D eigenvalue weighted by atomic mass is 9.98. The Hall–Kier alpha value is -2.47. The molecule has 1 atom stereocenters. The van der Waals surface area contributed by atoms with Gasteiger partial charge >= 0.3 is 0 Å². The van der Waals surface area contributed by atoms with E-state index in [9.17, 15) is 14.4 Å². The van der Waals surface area contributed by atoms with Crippen molar-refractivity contribution in [2.45, 2.75) is 26.2 Å². The number of imide groups is 1. The first-order chi connectivity index (χ1) is 11.5. The molecule has 0 saturated carbocycles. The second-order valence-corrected chi connectivity index (χ2v) is 6.96. The van der Waals surface area contributed by atoms with E-state index in [1.807, 2.05) is 36.4 Å². The van der Waals surface area contributed by atoms with Crippen molar-refractivity contribution < 1.29 is 14.4 Å². The van der Waals surface area contributed by atoms with Crippen LogP contribution in [0.4, 0.5) is 5.69 Å². The highest BCUT2D eigenvalue weighted by Gasteiger charge is 2.30. The Labute approximate surface area is 144 Å². The topological polar surface area (TPSA) is 75.3 Å². The number of aryl methyl sites for hydroxylation is 1. The van der Waals surface area contributed by atoms with E-state index in [4.69, 9.17) is 0 Å². The predicted molar refractivity (Wildman–Crippen MR) is 93.1 cm³/mol. The predicted octanol–water partition coefficient (Wildman–Crippen LogP) is 2.77. The van der Waals surface area contributed by atoms with Crippen LogP contribution in [0.1, 0.15) is 33.5 Å². The van der Waals surface area contributed by atoms with Crippen LogP contribution in [0.25, 0.3) is 0 Å². The molecule has 1 fully saturated rings. The fourth-order valence-corrected chi connectivity index (χ4v) is 3.51. The number of thiophene rings is 1. The minimum Gasteiger partial charge on any atom is -0.321 e. The van der Waals surface area contributed by atoms with Gasteiger partial charge in [-0.3, -0.25) is 19.7 Å². The number of nitrogens with one attached hydrogen (secondary N) is 2. The number of hydrogen-bond acceptors (Lipinski definition) is 4. The van der Waals surface area contributed by atoms with Gasteiger partial charge < -0.3 is 5.32 Å². The fourth-order valence-electron chi connectivity index (χ4n) is 2.66. The third-order valence-electron chi connectivity index (χ3n) is 3.99. The molecule has 2 N–H and O–H groups in total. The minimum absolute atomic E-state index is 0.117. The third kappa shape index (κ3) is 3.71. The molecular weight excluding hydrogens is 324 g/mol. The summed E-state index contributed by atoms with van der Waals surface area (Å²) in [7, 11) is 0. The van der Waals surface area contributed by atoms with Gasteiger partial charge in [-0.1, -0.05) is 19.1 Å². The first kappa shape index (κ1) is 16.4. The summed E-state index contributed by atoms with van der Waals surface area (Å²) < 4.78 is 0. The monoisotopic (exact) mass is 342 g/mol. The molecule has 1 unspecified atom stereocenters. The standard InChI is InChI=1S/C18H18N2O3S/c1-2-14-7-8-15(24-14)18(23)19-13-5-3-11(4-6-13)9-12-10-16(21)20-17(12)22/h3-8,12H,2,9-10H2,1H3,(H,19,23)(H,20,21,22). The van der Waals surface area contributed by atoms with E-state index in [0.717, 1.165) is 12.0 Å². The normalized spacial score (nSPS) is 17.0. The first-order valence-electron chi connectivity index (χ1n) is 7.88. The van der Waals surface area contributed by atoms with Crippen molar-refractivity contribution in [1.29, 1.82) is 0 Å². The lowest BCUT2D eigenvalue weighted by molar-refractivity contribution is -0.125. The Balaban J connectivity index is 1.61. The van der Waals surface area contributed by atoms with Crippen molar-refractivity contribution in [3.05, 3.63) is 51.7 Å². The number of carbonyl (C=O) groups is 3. The van der Waals surface area contributed by atoms with Crippen LogP contribution in [0, 0.1) is 5.92 Å². The summed E-state index contributed by atoms with van der Waals surface area (Å²) in [6.45, 7) is 2.06. The maximum atomic E-state index is 12.2. The molecule has 3 rings (SSSR count). The molecule has 1 aliphatic heterocycles. The molecule has 1 aromatic carbocycles. The number of benzene rings is 1. The van der Waals surface area contributed by atoms with Crippen LogP contribution in [-0.4, -0.2) is 17.7 Å². The van der Waals surface area contributed by atoms with Gasteiger partial charge in [-0.2, -0.15) is 0 Å². The van der Waals surface area contributed by atoms with Gasteiger partial charge in [0, 0.05) is 17.0 Å². The van der Waals surface area contributed by atoms with Gasteiger partial charge in [0.15, 0.2) is 0 Å². The Morgan fingerprint density at radius 3 is 2.54 bits per heavy atom. The van der Waals surface area contributed by atoms with Gasteiger partial charge in [0.05, 0.1) is 10.8 Å². The number of anilines is 1. The van der Waals surface area contributed by atoms with E-state index < -0.39 is 0 Å². The van der Waals surface area contributed by atoms with Gasteiger partial charge in [0.1, 0.15) is 0 Å². The summed E-state index contributed by atoms with van der Waals surface area (Å²) in [6, 6.07) is 11.2. The Morgan fingerprint density at radius 2 is 1.96 bits per heavy atom. The Bertz CT molecular complexity index is 780. The van der Waals surface area contributed by atoms with Crippen LogP contribution >= 0.6 is 11.3 Å². The fraction of sp³-hybridized carbons (Fsp3) is 0.278. The van der Waals surface area contributed by atoms with E-state index in [-0.39, 0.29) is 30.1 Å². The lowest BCUT2D eigenvalue weighted by Crippen LogP contribution is -2.22. The maximum absolute atomic E-state index is 12.2. The van der Waals surface area contributed by atoms with Crippen LogP contribution in [0.3, 0.4) is 0 Å². The number of hydrogen-bond donors (Lipinski definition) is 2. The zero-order valence-electron chi connectivity index (χ0n) is 13.3. The quantitative estimate of drug-likeness (QED) is 0.821. The molecule has 0 aliphatic carbocycles. The summed E-state index contributed by atoms with van der Waals surface area (Å²) in [5, 5.41) is 5.19. The molecule has 0 radical (unpaired) electrons. The average Bonchev–Trinajstić information content (AvgIpc) is 3.16. The third-order valence-corrected chi connectivity index (χ3v) is 5.22. The highest BCUT2D eigenvalue weighted by Crippen LogP contribution is 2.21. The van der Waals surface area contributed by atoms with E-state index in [1.165, 1.54) is 16.2 Å². The summed E-state index contributed by atoms with van der Waals surface area (Å²) in [5.74, 6) is -0.831. The number of carbonyl (C=O) groups excluding carboxylic acids is 3. The zero-order chi connectivity index (χ0) is 17.1. The van der Waals surface area contributed by atoms with Crippen LogP contribution in [0.15, 0.2) is 36.4 Å². The molecule has 1 aromatic heterocycles. The maximum Gasteiger partial charge on any atom is 0.265 e. The SMILES string of the molecule is CCc1ccc(C(=O)Nc2ccc(CC3CC(=O)NC3=O)cc2)s1. The van der Waals surface area contributed by atoms with Crippen molar-refractivity contribution in [3.63, 3.8) is 0 Å². The van der Waals surface area contributed by atoms with Crippen molar-refractivity contribution in [2.24, 2.45) is 5.92 Å². The van der Waals surface area contributed by atoms with Crippen LogP contribution in [0.2, 0.25) is 0 Å². The Kier molecular flexibility index (Phi) is 4.76. The lowest BCUT2D eigenvalue weighted by Gasteiger charge is -2.08. The summed E-state index contributed by atoms with van der Waals surface area (Å²) in [5.41, 5.74) is 1.68. The molecule has 1 aliphatic rings. The molecule has 2 aromatic rings. The van der Waals surface area contributed by atoms with Crippen molar-refractivity contribution >= 4 is 34.7 Å². The van der Waals surface area contributed by atoms with Gasteiger partial charge in [-0.05, 0) is 42.7 Å². The first-order valence-corrected chi connectivity index (χ1v) is 8.69. The molecule has 24 heavy (non-hydrogen) atoms. The molecular formula is C18H18N2O3S. The van der Waals surface area contributed by atoms with Gasteiger partial charge in [-0.15, -0.1) is 11.3 Å². The highest BCUT2D eigenvalue weighted by molar-refractivity contribution is 7.14. The minimum atomic E-state index is -0.295. The molecule has 0 spiro atoms. The second kappa shape index (κ2) is 6.97. The smallest absolute Gasteiger partial charge is 0.265 e. The molecule has 3 amide bonds. The van der Waals surface area contributed by atoms with Crippen molar-refractivity contribution in [3.8, 4) is 0 Å². The largest absolute Gasteiger partial charge is 0.321 e. The van der Waals surface area contributed by atoms with Crippen LogP contribution in [0.5, 0.6) is 0 Å². The van der Waals surface area contributed by atoms with Crippen molar-refractivity contribution in [1.82, 2.24) is 5.32 Å². The van der Waals surface area contributed by atoms with Gasteiger partial charge in [-0.25, -0.2) is 0 Å². The van der Waals surface area contributed by atoms with Gasteiger partial charge in [0.25, 0.3) is 5.91 Å². The van der Waals surface area contributed by atoms with Gasteiger partial charge in [0.2, 0.25) is 11.8 Å². The van der Waals surface area contributed by atoms with E-state index >= 15 is 0 Å². The Morgan fingerprint density at radius 1 is 1.21 bits per heavy atom. The molecule has 6 heteroatoms. The number of amides is 3. The van der Waals surface area contributed by atoms with E-state index in [2.05, 4.69) is 17.6 Å². The van der Waals surface area contributed by atoms with Crippen molar-refractivity contribution in [2.75, 3.05) is 5.32 Å². The molecule has 1 saturated heterocycles.